The van der Waals surface area contributed by atoms with E-state index >= 15 is 0 Å². The lowest BCUT2D eigenvalue weighted by Gasteiger charge is -2.30. The summed E-state index contributed by atoms with van der Waals surface area (Å²) in [6.45, 7) is 3.40. The van der Waals surface area contributed by atoms with Crippen molar-refractivity contribution >= 4 is 0 Å². The average Bonchev–Trinajstić information content (AvgIpc) is 2.34. The summed E-state index contributed by atoms with van der Waals surface area (Å²) in [5.74, 6) is 1.24. The zero-order valence-electron chi connectivity index (χ0n) is 10.6. The molecule has 0 aromatic heterocycles. The Kier molecular flexibility index (Phi) is 7.81. The number of ether oxygens (including phenoxy) is 1. The molecule has 2 unspecified atom stereocenters. The van der Waals surface area contributed by atoms with Gasteiger partial charge in [-0.2, -0.15) is 0 Å². The quantitative estimate of drug-likeness (QED) is 0.624. The molecule has 1 saturated carbocycles. The first-order chi connectivity index (χ1) is 7.88. The van der Waals surface area contributed by atoms with Crippen LogP contribution in [0.4, 0.5) is 0 Å². The van der Waals surface area contributed by atoms with E-state index in [-0.39, 0.29) is 0 Å². The highest BCUT2D eigenvalue weighted by Crippen LogP contribution is 2.28. The van der Waals surface area contributed by atoms with Crippen molar-refractivity contribution in [3.05, 3.63) is 0 Å². The highest BCUT2D eigenvalue weighted by atomic mass is 16.5. The molecular formula is C13H27NO2. The third kappa shape index (κ3) is 5.28. The van der Waals surface area contributed by atoms with Crippen LogP contribution in [0.1, 0.15) is 38.5 Å². The minimum atomic E-state index is 0.371. The number of unbranched alkanes of at least 4 members (excludes halogenated alkanes) is 1. The molecule has 2 N–H and O–H groups in total. The predicted octanol–water partition coefficient (Wildman–Crippen LogP) is 1.80. The molecule has 0 amide bonds. The van der Waals surface area contributed by atoms with Gasteiger partial charge in [0.1, 0.15) is 0 Å². The van der Waals surface area contributed by atoms with Crippen LogP contribution in [0.2, 0.25) is 0 Å². The fourth-order valence-electron chi connectivity index (χ4n) is 2.58. The van der Waals surface area contributed by atoms with Gasteiger partial charge >= 0.3 is 0 Å². The zero-order chi connectivity index (χ0) is 11.6. The number of nitrogens with one attached hydrogen (secondary N) is 1. The fraction of sp³-hybridized carbons (Fsp3) is 1.00. The van der Waals surface area contributed by atoms with E-state index in [0.29, 0.717) is 18.4 Å². The molecule has 1 aliphatic rings. The summed E-state index contributed by atoms with van der Waals surface area (Å²) in [7, 11) is 1.75. The number of hydrogen-bond donors (Lipinski definition) is 2. The minimum Gasteiger partial charge on any atom is -0.396 e. The summed E-state index contributed by atoms with van der Waals surface area (Å²) in [6.07, 6.45) is 7.47. The SMILES string of the molecule is COCCCCNCC1CCCCC1CO. The first-order valence-corrected chi connectivity index (χ1v) is 6.69. The van der Waals surface area contributed by atoms with Crippen LogP contribution < -0.4 is 5.32 Å². The Hall–Kier alpha value is -0.120. The molecule has 0 radical (unpaired) electrons. The normalized spacial score (nSPS) is 25.9. The van der Waals surface area contributed by atoms with E-state index in [0.717, 1.165) is 26.1 Å². The number of hydrogen-bond acceptors (Lipinski definition) is 3. The number of aliphatic hydroxyl groups is 1. The van der Waals surface area contributed by atoms with Crippen molar-refractivity contribution in [3.8, 4) is 0 Å². The Balaban J connectivity index is 2.02. The van der Waals surface area contributed by atoms with Gasteiger partial charge in [0, 0.05) is 20.3 Å². The second-order valence-corrected chi connectivity index (χ2v) is 4.89. The topological polar surface area (TPSA) is 41.5 Å². The maximum Gasteiger partial charge on any atom is 0.0462 e. The summed E-state index contributed by atoms with van der Waals surface area (Å²) >= 11 is 0. The standard InChI is InChI=1S/C13H27NO2/c1-16-9-5-4-8-14-10-12-6-2-3-7-13(12)11-15/h12-15H,2-11H2,1H3. The zero-order valence-corrected chi connectivity index (χ0v) is 10.6. The van der Waals surface area contributed by atoms with E-state index in [4.69, 9.17) is 4.74 Å². The summed E-state index contributed by atoms with van der Waals surface area (Å²) in [5.41, 5.74) is 0. The van der Waals surface area contributed by atoms with Crippen molar-refractivity contribution in [2.24, 2.45) is 11.8 Å². The molecular weight excluding hydrogens is 202 g/mol. The molecule has 3 heteroatoms. The van der Waals surface area contributed by atoms with Gasteiger partial charge in [-0.15, -0.1) is 0 Å². The van der Waals surface area contributed by atoms with Gasteiger partial charge in [-0.3, -0.25) is 0 Å². The summed E-state index contributed by atoms with van der Waals surface area (Å²) in [6, 6.07) is 0. The Morgan fingerprint density at radius 1 is 1.19 bits per heavy atom. The van der Waals surface area contributed by atoms with Gasteiger partial charge in [-0.25, -0.2) is 0 Å². The largest absolute Gasteiger partial charge is 0.396 e. The second-order valence-electron chi connectivity index (χ2n) is 4.89. The minimum absolute atomic E-state index is 0.371. The van der Waals surface area contributed by atoms with Crippen molar-refractivity contribution in [1.82, 2.24) is 5.32 Å². The maximum atomic E-state index is 9.29. The van der Waals surface area contributed by atoms with Crippen LogP contribution in [-0.2, 0) is 4.74 Å². The van der Waals surface area contributed by atoms with Crippen LogP contribution in [0.25, 0.3) is 0 Å². The van der Waals surface area contributed by atoms with Gasteiger partial charge < -0.3 is 15.2 Å². The van der Waals surface area contributed by atoms with Gasteiger partial charge in [0.15, 0.2) is 0 Å². The molecule has 0 saturated heterocycles. The Labute approximate surface area is 99.6 Å². The molecule has 1 fully saturated rings. The lowest BCUT2D eigenvalue weighted by molar-refractivity contribution is 0.133. The summed E-state index contributed by atoms with van der Waals surface area (Å²) in [4.78, 5) is 0. The van der Waals surface area contributed by atoms with E-state index in [2.05, 4.69) is 5.32 Å². The smallest absolute Gasteiger partial charge is 0.0462 e. The predicted molar refractivity (Wildman–Crippen MR) is 66.5 cm³/mol. The fourth-order valence-corrected chi connectivity index (χ4v) is 2.58. The van der Waals surface area contributed by atoms with Crippen molar-refractivity contribution in [2.45, 2.75) is 38.5 Å². The van der Waals surface area contributed by atoms with E-state index in [1.165, 1.54) is 32.1 Å². The van der Waals surface area contributed by atoms with Gasteiger partial charge in [-0.1, -0.05) is 12.8 Å². The van der Waals surface area contributed by atoms with Gasteiger partial charge in [0.2, 0.25) is 0 Å². The van der Waals surface area contributed by atoms with Crippen LogP contribution in [-0.4, -0.2) is 38.5 Å². The molecule has 0 aromatic carbocycles. The van der Waals surface area contributed by atoms with Crippen molar-refractivity contribution in [1.29, 1.82) is 0 Å². The second kappa shape index (κ2) is 8.97. The van der Waals surface area contributed by atoms with Crippen LogP contribution in [0.5, 0.6) is 0 Å². The number of aliphatic hydroxyl groups excluding tert-OH is 1. The van der Waals surface area contributed by atoms with Crippen LogP contribution in [0.3, 0.4) is 0 Å². The lowest BCUT2D eigenvalue weighted by Crippen LogP contribution is -2.32. The van der Waals surface area contributed by atoms with E-state index < -0.39 is 0 Å². The first-order valence-electron chi connectivity index (χ1n) is 6.69. The van der Waals surface area contributed by atoms with Gasteiger partial charge in [0.25, 0.3) is 0 Å². The molecule has 16 heavy (non-hydrogen) atoms. The molecule has 1 rings (SSSR count). The third-order valence-electron chi connectivity index (χ3n) is 3.66. The number of methoxy groups -OCH3 is 1. The van der Waals surface area contributed by atoms with Crippen LogP contribution in [0, 0.1) is 11.8 Å². The monoisotopic (exact) mass is 229 g/mol. The van der Waals surface area contributed by atoms with E-state index in [9.17, 15) is 5.11 Å². The van der Waals surface area contributed by atoms with Gasteiger partial charge in [0.05, 0.1) is 0 Å². The maximum absolute atomic E-state index is 9.29. The van der Waals surface area contributed by atoms with Gasteiger partial charge in [-0.05, 0) is 50.6 Å². The Bertz CT molecular complexity index is 164. The summed E-state index contributed by atoms with van der Waals surface area (Å²) < 4.78 is 5.01. The van der Waals surface area contributed by atoms with E-state index in [1.54, 1.807) is 7.11 Å². The molecule has 0 heterocycles. The highest BCUT2D eigenvalue weighted by molar-refractivity contribution is 4.76. The number of rotatable bonds is 8. The Morgan fingerprint density at radius 3 is 2.62 bits per heavy atom. The molecule has 96 valence electrons. The summed E-state index contributed by atoms with van der Waals surface area (Å²) in [5, 5.41) is 12.8. The van der Waals surface area contributed by atoms with Crippen LogP contribution in [0.15, 0.2) is 0 Å². The first kappa shape index (κ1) is 13.9. The van der Waals surface area contributed by atoms with Crippen LogP contribution >= 0.6 is 0 Å². The molecule has 3 nitrogen and oxygen atoms in total. The average molecular weight is 229 g/mol. The third-order valence-corrected chi connectivity index (χ3v) is 3.66. The highest BCUT2D eigenvalue weighted by Gasteiger charge is 2.23. The van der Waals surface area contributed by atoms with Crippen molar-refractivity contribution < 1.29 is 9.84 Å². The van der Waals surface area contributed by atoms with Crippen molar-refractivity contribution in [2.75, 3.05) is 33.4 Å². The molecule has 0 aliphatic heterocycles. The van der Waals surface area contributed by atoms with E-state index in [1.807, 2.05) is 0 Å². The molecule has 0 aromatic rings. The molecule has 0 spiro atoms. The Morgan fingerprint density at radius 2 is 1.94 bits per heavy atom. The molecule has 1 aliphatic carbocycles. The lowest BCUT2D eigenvalue weighted by atomic mass is 9.79. The van der Waals surface area contributed by atoms with Crippen molar-refractivity contribution in [3.63, 3.8) is 0 Å². The molecule has 2 atom stereocenters. The molecule has 0 bridgehead atoms.